The lowest BCUT2D eigenvalue weighted by atomic mass is 9.99. The predicted octanol–water partition coefficient (Wildman–Crippen LogP) is 4.48. The van der Waals surface area contributed by atoms with Gasteiger partial charge in [0.15, 0.2) is 6.29 Å². The summed E-state index contributed by atoms with van der Waals surface area (Å²) in [5, 5.41) is 9.54. The number of aliphatic hydroxyl groups is 1. The van der Waals surface area contributed by atoms with E-state index in [1.807, 2.05) is 36.4 Å². The average Bonchev–Trinajstić information content (AvgIpc) is 3.25. The second-order valence-corrected chi connectivity index (χ2v) is 6.94. The molecule has 1 fully saturated rings. The van der Waals surface area contributed by atoms with Crippen LogP contribution in [-0.4, -0.2) is 24.6 Å². The van der Waals surface area contributed by atoms with Crippen molar-refractivity contribution in [3.05, 3.63) is 89.2 Å². The second-order valence-electron chi connectivity index (χ2n) is 6.94. The fourth-order valence-corrected chi connectivity index (χ4v) is 3.50. The maximum atomic E-state index is 14.3. The maximum absolute atomic E-state index is 14.3. The molecule has 0 saturated carbocycles. The molecule has 3 aromatic rings. The predicted molar refractivity (Wildman–Crippen MR) is 108 cm³/mol. The van der Waals surface area contributed by atoms with E-state index in [1.54, 1.807) is 18.2 Å². The Morgan fingerprint density at radius 3 is 2.52 bits per heavy atom. The average molecular weight is 394 g/mol. The van der Waals surface area contributed by atoms with Crippen molar-refractivity contribution in [3.63, 3.8) is 0 Å². The molecule has 0 aromatic heterocycles. The fraction of sp³-hybridized carbons (Fsp3) is 0.250. The van der Waals surface area contributed by atoms with Gasteiger partial charge in [-0.2, -0.15) is 0 Å². The summed E-state index contributed by atoms with van der Waals surface area (Å²) < 4.78 is 31.3. The maximum Gasteiger partial charge on any atom is 0.161 e. The van der Waals surface area contributed by atoms with Crippen molar-refractivity contribution < 1.29 is 23.7 Å². The highest BCUT2D eigenvalue weighted by molar-refractivity contribution is 5.69. The molecule has 3 aromatic carbocycles. The van der Waals surface area contributed by atoms with E-state index >= 15 is 0 Å². The molecular formula is C24H23FO4. The minimum atomic E-state index is -0.363. The Balaban J connectivity index is 1.47. The van der Waals surface area contributed by atoms with E-state index in [4.69, 9.17) is 14.2 Å². The SMILES string of the molecule is OCc1cccc(F)c1-c1cccc(OCc2cccc(CC3OCCO3)c2)c1. The molecule has 150 valence electrons. The summed E-state index contributed by atoms with van der Waals surface area (Å²) in [7, 11) is 0. The van der Waals surface area contributed by atoms with E-state index in [-0.39, 0.29) is 18.7 Å². The van der Waals surface area contributed by atoms with Crippen LogP contribution in [0.25, 0.3) is 11.1 Å². The monoisotopic (exact) mass is 394 g/mol. The molecule has 0 radical (unpaired) electrons. The van der Waals surface area contributed by atoms with E-state index in [9.17, 15) is 9.50 Å². The van der Waals surface area contributed by atoms with Gasteiger partial charge in [-0.3, -0.25) is 0 Å². The van der Waals surface area contributed by atoms with Gasteiger partial charge in [-0.05, 0) is 40.5 Å². The van der Waals surface area contributed by atoms with E-state index < -0.39 is 0 Å². The van der Waals surface area contributed by atoms with Crippen LogP contribution in [0.4, 0.5) is 4.39 Å². The largest absolute Gasteiger partial charge is 0.489 e. The molecule has 4 rings (SSSR count). The third kappa shape index (κ3) is 4.82. The van der Waals surface area contributed by atoms with Crippen molar-refractivity contribution in [1.29, 1.82) is 0 Å². The van der Waals surface area contributed by atoms with Crippen molar-refractivity contribution in [3.8, 4) is 16.9 Å². The van der Waals surface area contributed by atoms with E-state index in [0.717, 1.165) is 11.1 Å². The third-order valence-corrected chi connectivity index (χ3v) is 4.88. The van der Waals surface area contributed by atoms with Crippen molar-refractivity contribution >= 4 is 0 Å². The Morgan fingerprint density at radius 2 is 1.69 bits per heavy atom. The molecule has 0 amide bonds. The molecule has 1 heterocycles. The van der Waals surface area contributed by atoms with Crippen molar-refractivity contribution in [2.24, 2.45) is 0 Å². The highest BCUT2D eigenvalue weighted by Gasteiger charge is 2.16. The van der Waals surface area contributed by atoms with Crippen LogP contribution in [-0.2, 0) is 29.1 Å². The van der Waals surface area contributed by atoms with Gasteiger partial charge >= 0.3 is 0 Å². The first kappa shape index (κ1) is 19.6. The molecule has 5 heteroatoms. The van der Waals surface area contributed by atoms with Crippen LogP contribution in [0.1, 0.15) is 16.7 Å². The summed E-state index contributed by atoms with van der Waals surface area (Å²) in [4.78, 5) is 0. The van der Waals surface area contributed by atoms with Crippen LogP contribution in [0.5, 0.6) is 5.75 Å². The molecular weight excluding hydrogens is 371 g/mol. The Labute approximate surface area is 169 Å². The Kier molecular flexibility index (Phi) is 6.20. The Hall–Kier alpha value is -2.73. The summed E-state index contributed by atoms with van der Waals surface area (Å²) in [5.74, 6) is 0.278. The van der Waals surface area contributed by atoms with Gasteiger partial charge < -0.3 is 19.3 Å². The lowest BCUT2D eigenvalue weighted by molar-refractivity contribution is -0.0400. The summed E-state index contributed by atoms with van der Waals surface area (Å²) in [5.41, 5.74) is 3.79. The second kappa shape index (κ2) is 9.18. The summed E-state index contributed by atoms with van der Waals surface area (Å²) >= 11 is 0. The number of hydrogen-bond acceptors (Lipinski definition) is 4. The van der Waals surface area contributed by atoms with Crippen molar-refractivity contribution in [2.75, 3.05) is 13.2 Å². The smallest absolute Gasteiger partial charge is 0.161 e. The number of halogens is 1. The quantitative estimate of drug-likeness (QED) is 0.642. The highest BCUT2D eigenvalue weighted by Crippen LogP contribution is 2.30. The fourth-order valence-electron chi connectivity index (χ4n) is 3.50. The first-order chi connectivity index (χ1) is 14.2. The Morgan fingerprint density at radius 1 is 0.931 bits per heavy atom. The summed E-state index contributed by atoms with van der Waals surface area (Å²) in [6.07, 6.45) is 0.532. The van der Waals surface area contributed by atoms with Crippen LogP contribution in [0.2, 0.25) is 0 Å². The molecule has 0 atom stereocenters. The highest BCUT2D eigenvalue weighted by atomic mass is 19.1. The molecule has 1 aliphatic rings. The Bertz CT molecular complexity index is 967. The van der Waals surface area contributed by atoms with E-state index in [0.29, 0.717) is 48.7 Å². The number of rotatable bonds is 7. The molecule has 1 N–H and O–H groups in total. The van der Waals surface area contributed by atoms with Crippen LogP contribution in [0, 0.1) is 5.82 Å². The zero-order valence-corrected chi connectivity index (χ0v) is 16.0. The molecule has 4 nitrogen and oxygen atoms in total. The summed E-state index contributed by atoms with van der Waals surface area (Å²) in [6.45, 7) is 1.46. The molecule has 1 aliphatic heterocycles. The van der Waals surface area contributed by atoms with Crippen LogP contribution in [0.3, 0.4) is 0 Å². The van der Waals surface area contributed by atoms with Crippen molar-refractivity contribution in [1.82, 2.24) is 0 Å². The number of ether oxygens (including phenoxy) is 3. The van der Waals surface area contributed by atoms with Gasteiger partial charge in [-0.25, -0.2) is 4.39 Å². The van der Waals surface area contributed by atoms with Gasteiger partial charge in [-0.1, -0.05) is 48.5 Å². The zero-order valence-electron chi connectivity index (χ0n) is 16.0. The number of benzene rings is 3. The molecule has 0 spiro atoms. The molecule has 29 heavy (non-hydrogen) atoms. The molecule has 0 aliphatic carbocycles. The minimum absolute atomic E-state index is 0.177. The zero-order chi connectivity index (χ0) is 20.1. The summed E-state index contributed by atoms with van der Waals surface area (Å²) in [6, 6.07) is 20.1. The molecule has 0 unspecified atom stereocenters. The third-order valence-electron chi connectivity index (χ3n) is 4.88. The number of aliphatic hydroxyl groups excluding tert-OH is 1. The number of hydrogen-bond donors (Lipinski definition) is 1. The van der Waals surface area contributed by atoms with Gasteiger partial charge in [-0.15, -0.1) is 0 Å². The first-order valence-electron chi connectivity index (χ1n) is 9.65. The van der Waals surface area contributed by atoms with Gasteiger partial charge in [0.1, 0.15) is 18.2 Å². The lowest BCUT2D eigenvalue weighted by Gasteiger charge is -2.13. The standard InChI is InChI=1S/C24H23FO4/c25-22-9-3-7-20(15-26)24(22)19-6-2-8-21(14-19)29-16-18-5-1-4-17(12-18)13-23-27-10-11-28-23/h1-9,12,14,23,26H,10-11,13,15-16H2. The molecule has 1 saturated heterocycles. The van der Waals surface area contributed by atoms with Gasteiger partial charge in [0.25, 0.3) is 0 Å². The van der Waals surface area contributed by atoms with Gasteiger partial charge in [0.05, 0.1) is 19.8 Å². The lowest BCUT2D eigenvalue weighted by Crippen LogP contribution is -2.11. The van der Waals surface area contributed by atoms with Crippen LogP contribution < -0.4 is 4.74 Å². The minimum Gasteiger partial charge on any atom is -0.489 e. The van der Waals surface area contributed by atoms with Crippen LogP contribution >= 0.6 is 0 Å². The first-order valence-corrected chi connectivity index (χ1v) is 9.65. The molecule has 0 bridgehead atoms. The normalized spacial score (nSPS) is 14.3. The van der Waals surface area contributed by atoms with Gasteiger partial charge in [0, 0.05) is 12.0 Å². The van der Waals surface area contributed by atoms with Crippen molar-refractivity contribution in [2.45, 2.75) is 25.9 Å². The topological polar surface area (TPSA) is 47.9 Å². The van der Waals surface area contributed by atoms with E-state index in [1.165, 1.54) is 6.07 Å². The van der Waals surface area contributed by atoms with Gasteiger partial charge in [0.2, 0.25) is 0 Å². The van der Waals surface area contributed by atoms with E-state index in [2.05, 4.69) is 6.07 Å². The van der Waals surface area contributed by atoms with Crippen LogP contribution in [0.15, 0.2) is 66.7 Å².